The molecule has 1 unspecified atom stereocenters. The SMILES string of the molecule is CCOC(=O)C1=C(C)Nc2nc(=S)[nH]c(N)c2C1c1ccc(C(C)C)cc1. The molecule has 6 nitrogen and oxygen atoms in total. The highest BCUT2D eigenvalue weighted by Gasteiger charge is 2.35. The average Bonchev–Trinajstić information content (AvgIpc) is 2.60. The Morgan fingerprint density at radius 3 is 2.59 bits per heavy atom. The minimum atomic E-state index is -0.388. The minimum Gasteiger partial charge on any atom is -0.463 e. The molecule has 0 amide bonds. The lowest BCUT2D eigenvalue weighted by Gasteiger charge is -2.30. The van der Waals surface area contributed by atoms with E-state index in [4.69, 9.17) is 22.7 Å². The van der Waals surface area contributed by atoms with Gasteiger partial charge in [0.2, 0.25) is 0 Å². The Labute approximate surface area is 163 Å². The van der Waals surface area contributed by atoms with E-state index in [0.717, 1.165) is 5.56 Å². The maximum Gasteiger partial charge on any atom is 0.336 e. The molecule has 1 aromatic heterocycles. The molecule has 0 saturated carbocycles. The van der Waals surface area contributed by atoms with Gasteiger partial charge in [-0.25, -0.2) is 9.78 Å². The fourth-order valence-corrected chi connectivity index (χ4v) is 3.58. The van der Waals surface area contributed by atoms with Gasteiger partial charge < -0.3 is 20.8 Å². The van der Waals surface area contributed by atoms with Gasteiger partial charge >= 0.3 is 5.97 Å². The normalized spacial score (nSPS) is 16.1. The van der Waals surface area contributed by atoms with Crippen LogP contribution in [0.5, 0.6) is 0 Å². The molecule has 0 aliphatic carbocycles. The zero-order valence-corrected chi connectivity index (χ0v) is 16.7. The van der Waals surface area contributed by atoms with Crippen LogP contribution < -0.4 is 11.1 Å². The number of nitrogens with zero attached hydrogens (tertiary/aromatic N) is 1. The van der Waals surface area contributed by atoms with E-state index in [1.807, 2.05) is 19.1 Å². The smallest absolute Gasteiger partial charge is 0.336 e. The molecular formula is C20H24N4O2S. The monoisotopic (exact) mass is 384 g/mol. The van der Waals surface area contributed by atoms with E-state index in [1.165, 1.54) is 5.56 Å². The van der Waals surface area contributed by atoms with E-state index < -0.39 is 0 Å². The number of hydrogen-bond acceptors (Lipinski definition) is 6. The molecule has 142 valence electrons. The summed E-state index contributed by atoms with van der Waals surface area (Å²) in [6, 6.07) is 8.22. The van der Waals surface area contributed by atoms with Crippen molar-refractivity contribution < 1.29 is 9.53 Å². The summed E-state index contributed by atoms with van der Waals surface area (Å²) in [5.74, 6) is 0.627. The van der Waals surface area contributed by atoms with E-state index in [9.17, 15) is 4.79 Å². The van der Waals surface area contributed by atoms with E-state index in [0.29, 0.717) is 45.8 Å². The summed E-state index contributed by atoms with van der Waals surface area (Å²) in [5.41, 5.74) is 10.3. The summed E-state index contributed by atoms with van der Waals surface area (Å²) in [4.78, 5) is 20.0. The molecule has 2 heterocycles. The van der Waals surface area contributed by atoms with Crippen LogP contribution in [0, 0.1) is 4.77 Å². The van der Waals surface area contributed by atoms with E-state index in [2.05, 4.69) is 41.3 Å². The molecule has 0 radical (unpaired) electrons. The Kier molecular flexibility index (Phi) is 5.32. The topological polar surface area (TPSA) is 93.0 Å². The standard InChI is InChI=1S/C20H24N4O2S/c1-5-26-19(25)14-11(4)22-18-16(17(21)23-20(27)24-18)15(14)13-8-6-12(7-9-13)10(2)3/h6-10,15H,5H2,1-4H3,(H4,21,22,23,24,27). The van der Waals surface area contributed by atoms with Crippen molar-refractivity contribution in [3.63, 3.8) is 0 Å². The summed E-state index contributed by atoms with van der Waals surface area (Å²) in [5, 5.41) is 3.16. The third-order valence-electron chi connectivity index (χ3n) is 4.72. The molecule has 3 rings (SSSR count). The summed E-state index contributed by atoms with van der Waals surface area (Å²) >= 11 is 5.15. The number of aromatic nitrogens is 2. The Balaban J connectivity index is 2.22. The quantitative estimate of drug-likeness (QED) is 0.539. The number of anilines is 2. The number of aromatic amines is 1. The molecule has 1 atom stereocenters. The van der Waals surface area contributed by atoms with Crippen molar-refractivity contribution in [2.45, 2.75) is 39.5 Å². The van der Waals surface area contributed by atoms with Crippen LogP contribution in [0.25, 0.3) is 0 Å². The van der Waals surface area contributed by atoms with Gasteiger partial charge in [-0.2, -0.15) is 0 Å². The van der Waals surface area contributed by atoms with E-state index in [-0.39, 0.29) is 11.9 Å². The van der Waals surface area contributed by atoms with Crippen LogP contribution in [0.1, 0.15) is 56.2 Å². The lowest BCUT2D eigenvalue weighted by Crippen LogP contribution is -2.26. The van der Waals surface area contributed by atoms with Crippen molar-refractivity contribution in [2.24, 2.45) is 0 Å². The van der Waals surface area contributed by atoms with Gasteiger partial charge in [-0.05, 0) is 43.1 Å². The molecule has 0 spiro atoms. The van der Waals surface area contributed by atoms with Crippen LogP contribution in [-0.2, 0) is 9.53 Å². The third kappa shape index (κ3) is 3.60. The molecule has 4 N–H and O–H groups in total. The number of rotatable bonds is 4. The number of ether oxygens (including phenoxy) is 1. The van der Waals surface area contributed by atoms with Crippen molar-refractivity contribution in [1.29, 1.82) is 0 Å². The van der Waals surface area contributed by atoms with Crippen LogP contribution in [0.2, 0.25) is 0 Å². The molecule has 7 heteroatoms. The molecule has 0 fully saturated rings. The summed E-state index contributed by atoms with van der Waals surface area (Å²) < 4.78 is 5.61. The Bertz CT molecular complexity index is 961. The van der Waals surface area contributed by atoms with Gasteiger partial charge in [0.1, 0.15) is 11.6 Å². The predicted octanol–water partition coefficient (Wildman–Crippen LogP) is 4.24. The largest absolute Gasteiger partial charge is 0.463 e. The van der Waals surface area contributed by atoms with Crippen LogP contribution in [0.15, 0.2) is 35.5 Å². The number of hydrogen-bond donors (Lipinski definition) is 3. The number of nitrogens with two attached hydrogens (primary N) is 1. The van der Waals surface area contributed by atoms with Crippen LogP contribution in [0.3, 0.4) is 0 Å². The van der Waals surface area contributed by atoms with Crippen LogP contribution >= 0.6 is 12.2 Å². The molecule has 1 aromatic carbocycles. The van der Waals surface area contributed by atoms with Crippen LogP contribution in [-0.4, -0.2) is 22.5 Å². The van der Waals surface area contributed by atoms with Crippen molar-refractivity contribution in [3.8, 4) is 0 Å². The van der Waals surface area contributed by atoms with E-state index in [1.54, 1.807) is 6.92 Å². The summed E-state index contributed by atoms with van der Waals surface area (Å²) in [6.45, 7) is 8.21. The second kappa shape index (κ2) is 7.52. The fraction of sp³-hybridized carbons (Fsp3) is 0.350. The minimum absolute atomic E-state index is 0.292. The van der Waals surface area contributed by atoms with Gasteiger partial charge in [0.25, 0.3) is 0 Å². The lowest BCUT2D eigenvalue weighted by molar-refractivity contribution is -0.138. The van der Waals surface area contributed by atoms with Gasteiger partial charge in [-0.15, -0.1) is 0 Å². The molecule has 1 aliphatic heterocycles. The van der Waals surface area contributed by atoms with Gasteiger partial charge in [-0.1, -0.05) is 38.1 Å². The number of nitrogens with one attached hydrogen (secondary N) is 2. The summed E-state index contributed by atoms with van der Waals surface area (Å²) in [6.07, 6.45) is 0. The first-order chi connectivity index (χ1) is 12.8. The highest BCUT2D eigenvalue weighted by Crippen LogP contribution is 2.43. The third-order valence-corrected chi connectivity index (χ3v) is 4.91. The molecule has 27 heavy (non-hydrogen) atoms. The Morgan fingerprint density at radius 2 is 2.00 bits per heavy atom. The average molecular weight is 385 g/mol. The van der Waals surface area contributed by atoms with Crippen molar-refractivity contribution in [1.82, 2.24) is 9.97 Å². The maximum absolute atomic E-state index is 12.7. The number of carbonyl (C=O) groups excluding carboxylic acids is 1. The number of fused-ring (bicyclic) bond motifs is 1. The second-order valence-electron chi connectivity index (χ2n) is 6.86. The summed E-state index contributed by atoms with van der Waals surface area (Å²) in [7, 11) is 0. The number of nitrogen functional groups attached to an aromatic ring is 1. The van der Waals surface area contributed by atoms with Crippen molar-refractivity contribution in [3.05, 3.63) is 57.0 Å². The second-order valence-corrected chi connectivity index (χ2v) is 7.24. The predicted molar refractivity (Wildman–Crippen MR) is 109 cm³/mol. The first-order valence-electron chi connectivity index (χ1n) is 8.97. The number of H-pyrrole nitrogens is 1. The molecule has 0 saturated heterocycles. The zero-order chi connectivity index (χ0) is 19.7. The number of carbonyl (C=O) groups is 1. The fourth-order valence-electron chi connectivity index (χ4n) is 3.38. The van der Waals surface area contributed by atoms with Gasteiger partial charge in [0, 0.05) is 11.3 Å². The molecule has 1 aliphatic rings. The first kappa shape index (κ1) is 19.1. The zero-order valence-electron chi connectivity index (χ0n) is 15.9. The van der Waals surface area contributed by atoms with Gasteiger partial charge in [0.05, 0.1) is 18.1 Å². The molecule has 0 bridgehead atoms. The Morgan fingerprint density at radius 1 is 1.33 bits per heavy atom. The van der Waals surface area contributed by atoms with E-state index >= 15 is 0 Å². The first-order valence-corrected chi connectivity index (χ1v) is 9.38. The number of allylic oxidation sites excluding steroid dienone is 1. The van der Waals surface area contributed by atoms with Gasteiger partial charge in [-0.3, -0.25) is 0 Å². The van der Waals surface area contributed by atoms with Crippen molar-refractivity contribution in [2.75, 3.05) is 17.7 Å². The highest BCUT2D eigenvalue weighted by molar-refractivity contribution is 7.71. The van der Waals surface area contributed by atoms with Gasteiger partial charge in [0.15, 0.2) is 4.77 Å². The molecular weight excluding hydrogens is 360 g/mol. The highest BCUT2D eigenvalue weighted by atomic mass is 32.1. The number of esters is 1. The maximum atomic E-state index is 12.7. The molecule has 2 aromatic rings. The number of benzene rings is 1. The lowest BCUT2D eigenvalue weighted by atomic mass is 9.81. The Hall–Kier alpha value is -2.67. The van der Waals surface area contributed by atoms with Crippen molar-refractivity contribution >= 4 is 29.8 Å². The van der Waals surface area contributed by atoms with Crippen LogP contribution in [0.4, 0.5) is 11.6 Å².